The second-order valence-electron chi connectivity index (χ2n) is 7.10. The van der Waals surface area contributed by atoms with Crippen molar-refractivity contribution in [3.63, 3.8) is 0 Å². The Kier molecular flexibility index (Phi) is 6.21. The van der Waals surface area contributed by atoms with E-state index in [0.717, 1.165) is 17.2 Å². The molecule has 0 aliphatic carbocycles. The second-order valence-corrected chi connectivity index (χ2v) is 7.10. The number of esters is 3. The molecule has 0 saturated carbocycles. The predicted molar refractivity (Wildman–Crippen MR) is 104 cm³/mol. The van der Waals surface area contributed by atoms with Crippen molar-refractivity contribution in [2.24, 2.45) is 0 Å². The van der Waals surface area contributed by atoms with Crippen LogP contribution in [0.3, 0.4) is 0 Å². The highest BCUT2D eigenvalue weighted by Gasteiger charge is 2.48. The van der Waals surface area contributed by atoms with E-state index in [4.69, 9.17) is 18.9 Å². The van der Waals surface area contributed by atoms with Crippen LogP contribution in [-0.2, 0) is 33.3 Å². The summed E-state index contributed by atoms with van der Waals surface area (Å²) < 4.78 is 23.7. The van der Waals surface area contributed by atoms with Crippen LogP contribution in [0.2, 0.25) is 0 Å². The summed E-state index contributed by atoms with van der Waals surface area (Å²) in [4.78, 5) is 46.7. The van der Waals surface area contributed by atoms with Crippen LogP contribution in [0.25, 0.3) is 10.9 Å². The molecule has 0 amide bonds. The van der Waals surface area contributed by atoms with Crippen molar-refractivity contribution in [2.75, 3.05) is 6.61 Å². The molecule has 1 fully saturated rings. The monoisotopic (exact) mass is 417 g/mol. The number of ether oxygens (including phenoxy) is 4. The van der Waals surface area contributed by atoms with Gasteiger partial charge >= 0.3 is 17.9 Å². The molecule has 1 saturated heterocycles. The fourth-order valence-corrected chi connectivity index (χ4v) is 3.79. The third-order valence-electron chi connectivity index (χ3n) is 4.82. The van der Waals surface area contributed by atoms with Crippen molar-refractivity contribution in [1.29, 1.82) is 0 Å². The topological polar surface area (TPSA) is 110 Å². The van der Waals surface area contributed by atoms with Crippen molar-refractivity contribution in [1.82, 2.24) is 4.57 Å². The molecule has 1 aromatic heterocycles. The Balaban J connectivity index is 2.11. The van der Waals surface area contributed by atoms with Crippen LogP contribution in [0.1, 0.15) is 42.9 Å². The maximum Gasteiger partial charge on any atom is 0.303 e. The summed E-state index contributed by atoms with van der Waals surface area (Å²) in [6.45, 7) is 5.42. The number of fused-ring (bicyclic) bond motifs is 1. The molecule has 30 heavy (non-hydrogen) atoms. The van der Waals surface area contributed by atoms with Crippen LogP contribution in [0.4, 0.5) is 0 Å². The van der Waals surface area contributed by atoms with Gasteiger partial charge in [-0.05, 0) is 18.6 Å². The first-order valence-corrected chi connectivity index (χ1v) is 9.41. The molecular weight excluding hydrogens is 394 g/mol. The first-order valence-electron chi connectivity index (χ1n) is 9.41. The molecule has 9 nitrogen and oxygen atoms in total. The number of hydrogen-bond acceptors (Lipinski definition) is 8. The highest BCUT2D eigenvalue weighted by atomic mass is 16.6. The second kappa shape index (κ2) is 8.66. The third kappa shape index (κ3) is 4.20. The summed E-state index contributed by atoms with van der Waals surface area (Å²) >= 11 is 0. The number of rotatable bonds is 5. The number of carbonyl (C=O) groups excluding carboxylic acids is 4. The largest absolute Gasteiger partial charge is 0.456 e. The average molecular weight is 417 g/mol. The summed E-state index contributed by atoms with van der Waals surface area (Å²) in [6.07, 6.45) is -1.73. The maximum atomic E-state index is 11.8. The van der Waals surface area contributed by atoms with E-state index in [-0.39, 0.29) is 6.61 Å². The van der Waals surface area contributed by atoms with Crippen LogP contribution in [0.5, 0.6) is 0 Å². The zero-order valence-electron chi connectivity index (χ0n) is 17.1. The summed E-state index contributed by atoms with van der Waals surface area (Å²) in [5.74, 6) is -1.85. The average Bonchev–Trinajstić information content (AvgIpc) is 3.03. The number of benzene rings is 1. The van der Waals surface area contributed by atoms with E-state index >= 15 is 0 Å². The Morgan fingerprint density at radius 2 is 1.67 bits per heavy atom. The van der Waals surface area contributed by atoms with Gasteiger partial charge in [0, 0.05) is 37.9 Å². The molecule has 0 spiro atoms. The SMILES string of the molecule is CC(=O)O[C@@H]1[C@@H](OC(C)=O)[C@H](OC(C)=O)CO[C@H]1n1cc(C=O)c2c(C)cccc21. The normalized spacial score (nSPS) is 23.6. The number of aryl methyl sites for hydroxylation is 1. The summed E-state index contributed by atoms with van der Waals surface area (Å²) in [5, 5.41) is 0.740. The fourth-order valence-electron chi connectivity index (χ4n) is 3.79. The van der Waals surface area contributed by atoms with Crippen LogP contribution < -0.4 is 0 Å². The Morgan fingerprint density at radius 3 is 2.27 bits per heavy atom. The van der Waals surface area contributed by atoms with Crippen LogP contribution in [0.15, 0.2) is 24.4 Å². The molecule has 1 aliphatic rings. The van der Waals surface area contributed by atoms with Gasteiger partial charge in [0.05, 0.1) is 12.1 Å². The van der Waals surface area contributed by atoms with Crippen LogP contribution >= 0.6 is 0 Å². The Bertz CT molecular complexity index is 994. The molecular formula is C21H23NO8. The molecule has 2 aromatic rings. The lowest BCUT2D eigenvalue weighted by Crippen LogP contribution is -2.55. The number of aldehydes is 1. The minimum Gasteiger partial charge on any atom is -0.456 e. The van der Waals surface area contributed by atoms with Crippen molar-refractivity contribution in [3.8, 4) is 0 Å². The van der Waals surface area contributed by atoms with Crippen molar-refractivity contribution < 1.29 is 38.1 Å². The van der Waals surface area contributed by atoms with Crippen molar-refractivity contribution in [2.45, 2.75) is 52.2 Å². The first-order chi connectivity index (χ1) is 14.2. The van der Waals surface area contributed by atoms with Gasteiger partial charge in [0.25, 0.3) is 0 Å². The molecule has 4 atom stereocenters. The third-order valence-corrected chi connectivity index (χ3v) is 4.82. The lowest BCUT2D eigenvalue weighted by Gasteiger charge is -2.41. The molecule has 0 N–H and O–H groups in total. The lowest BCUT2D eigenvalue weighted by molar-refractivity contribution is -0.239. The Hall–Kier alpha value is -3.20. The van der Waals surface area contributed by atoms with Gasteiger partial charge in [0.15, 0.2) is 30.8 Å². The zero-order chi connectivity index (χ0) is 22.0. The molecule has 1 aromatic carbocycles. The van der Waals surface area contributed by atoms with Gasteiger partial charge in [0.1, 0.15) is 0 Å². The van der Waals surface area contributed by atoms with Crippen molar-refractivity contribution in [3.05, 3.63) is 35.5 Å². The lowest BCUT2D eigenvalue weighted by atomic mass is 10.0. The molecule has 2 heterocycles. The predicted octanol–water partition coefficient (Wildman–Crippen LogP) is 2.09. The van der Waals surface area contributed by atoms with Gasteiger partial charge in [-0.1, -0.05) is 12.1 Å². The molecule has 0 unspecified atom stereocenters. The summed E-state index contributed by atoms with van der Waals surface area (Å²) in [6, 6.07) is 5.52. The highest BCUT2D eigenvalue weighted by Crippen LogP contribution is 2.35. The summed E-state index contributed by atoms with van der Waals surface area (Å²) in [5.41, 5.74) is 2.02. The first kappa shape index (κ1) is 21.5. The molecule has 0 bridgehead atoms. The van der Waals surface area contributed by atoms with E-state index in [0.29, 0.717) is 11.1 Å². The van der Waals surface area contributed by atoms with E-state index < -0.39 is 42.4 Å². The van der Waals surface area contributed by atoms with Gasteiger partial charge in [-0.15, -0.1) is 0 Å². The molecule has 3 rings (SSSR count). The molecule has 160 valence electrons. The van der Waals surface area contributed by atoms with Gasteiger partial charge < -0.3 is 23.5 Å². The highest BCUT2D eigenvalue weighted by molar-refractivity contribution is 5.99. The maximum absolute atomic E-state index is 11.8. The minimum absolute atomic E-state index is 0.0954. The van der Waals surface area contributed by atoms with E-state index in [9.17, 15) is 19.2 Å². The van der Waals surface area contributed by atoms with E-state index in [1.54, 1.807) is 10.8 Å². The number of carbonyl (C=O) groups is 4. The van der Waals surface area contributed by atoms with Crippen LogP contribution in [-0.4, -0.2) is 53.7 Å². The van der Waals surface area contributed by atoms with Gasteiger partial charge in [0.2, 0.25) is 0 Å². The van der Waals surface area contributed by atoms with Gasteiger partial charge in [-0.3, -0.25) is 19.2 Å². The number of nitrogens with zero attached hydrogens (tertiary/aromatic N) is 1. The summed E-state index contributed by atoms with van der Waals surface area (Å²) in [7, 11) is 0. The van der Waals surface area contributed by atoms with E-state index in [1.165, 1.54) is 20.8 Å². The van der Waals surface area contributed by atoms with Gasteiger partial charge in [-0.25, -0.2) is 0 Å². The van der Waals surface area contributed by atoms with E-state index in [2.05, 4.69) is 0 Å². The Labute approximate surface area is 172 Å². The van der Waals surface area contributed by atoms with E-state index in [1.807, 2.05) is 25.1 Å². The van der Waals surface area contributed by atoms with Crippen molar-refractivity contribution >= 4 is 35.1 Å². The smallest absolute Gasteiger partial charge is 0.303 e. The number of hydrogen-bond donors (Lipinski definition) is 0. The number of aromatic nitrogens is 1. The molecule has 0 radical (unpaired) electrons. The van der Waals surface area contributed by atoms with Crippen LogP contribution in [0, 0.1) is 6.92 Å². The Morgan fingerprint density at radius 1 is 1.03 bits per heavy atom. The standard InChI is InChI=1S/C21H23NO8/c1-11-6-5-7-16-18(11)15(9-23)8-22(16)21-20(30-14(4)26)19(29-13(3)25)17(10-27-21)28-12(2)24/h5-9,17,19-21H,10H2,1-4H3/t17-,19+,20-,21-/m1/s1. The molecule has 1 aliphatic heterocycles. The minimum atomic E-state index is -1.11. The quantitative estimate of drug-likeness (QED) is 0.413. The van der Waals surface area contributed by atoms with Gasteiger partial charge in [-0.2, -0.15) is 0 Å². The fraction of sp³-hybridized carbons (Fsp3) is 0.429. The zero-order valence-corrected chi connectivity index (χ0v) is 17.1. The molecule has 9 heteroatoms.